The summed E-state index contributed by atoms with van der Waals surface area (Å²) in [5, 5.41) is 4.72. The first-order chi connectivity index (χ1) is 7.59. The molecule has 4 nitrogen and oxygen atoms in total. The fourth-order valence-corrected chi connectivity index (χ4v) is 2.20. The molecule has 0 fully saturated rings. The van der Waals surface area contributed by atoms with E-state index in [1.54, 1.807) is 10.9 Å². The van der Waals surface area contributed by atoms with Crippen molar-refractivity contribution >= 4 is 34.2 Å². The molecule has 0 saturated carbocycles. The van der Waals surface area contributed by atoms with E-state index in [4.69, 9.17) is 11.6 Å². The lowest BCUT2D eigenvalue weighted by Crippen LogP contribution is -2.06. The van der Waals surface area contributed by atoms with Gasteiger partial charge in [0.25, 0.3) is 0 Å². The van der Waals surface area contributed by atoms with E-state index >= 15 is 0 Å². The Morgan fingerprint density at radius 2 is 2.12 bits per heavy atom. The molecule has 0 amide bonds. The molecule has 0 bridgehead atoms. The van der Waals surface area contributed by atoms with Crippen LogP contribution >= 0.6 is 34.2 Å². The van der Waals surface area contributed by atoms with Crippen molar-refractivity contribution in [3.05, 3.63) is 33.0 Å². The molecule has 0 radical (unpaired) electrons. The summed E-state index contributed by atoms with van der Waals surface area (Å²) in [5.74, 6) is 1.00. The average Bonchev–Trinajstić information content (AvgIpc) is 2.63. The molecule has 0 aliphatic carbocycles. The predicted molar refractivity (Wildman–Crippen MR) is 71.0 cm³/mol. The highest BCUT2D eigenvalue weighted by atomic mass is 127. The zero-order valence-electron chi connectivity index (χ0n) is 8.85. The Bertz CT molecular complexity index is 509. The van der Waals surface area contributed by atoms with Crippen LogP contribution in [0, 0.1) is 3.57 Å². The molecule has 0 spiro atoms. The van der Waals surface area contributed by atoms with E-state index in [0.29, 0.717) is 5.15 Å². The third kappa shape index (κ3) is 2.20. The first kappa shape index (κ1) is 11.8. The summed E-state index contributed by atoms with van der Waals surface area (Å²) in [7, 11) is 0. The topological polar surface area (TPSA) is 43.6 Å². The van der Waals surface area contributed by atoms with Gasteiger partial charge in [0.05, 0.1) is 9.77 Å². The Labute approximate surface area is 112 Å². The van der Waals surface area contributed by atoms with E-state index in [0.717, 1.165) is 15.0 Å². The molecule has 0 aliphatic rings. The summed E-state index contributed by atoms with van der Waals surface area (Å²) in [6, 6.07) is 0. The lowest BCUT2D eigenvalue weighted by molar-refractivity contribution is 0.772. The summed E-state index contributed by atoms with van der Waals surface area (Å²) >= 11 is 8.29. The second-order valence-electron chi connectivity index (χ2n) is 3.66. The number of rotatable bonds is 2. The fraction of sp³-hybridized carbons (Fsp3) is 0.300. The van der Waals surface area contributed by atoms with Crippen LogP contribution < -0.4 is 0 Å². The summed E-state index contributed by atoms with van der Waals surface area (Å²) in [6.07, 6.45) is 5.14. The maximum atomic E-state index is 6.09. The van der Waals surface area contributed by atoms with E-state index in [1.807, 2.05) is 6.20 Å². The fourth-order valence-electron chi connectivity index (χ4n) is 1.46. The van der Waals surface area contributed by atoms with Gasteiger partial charge < -0.3 is 0 Å². The molecular weight excluding hydrogens is 338 g/mol. The number of nitrogens with zero attached hydrogens (tertiary/aromatic N) is 4. The van der Waals surface area contributed by atoms with Crippen molar-refractivity contribution in [1.82, 2.24) is 19.7 Å². The van der Waals surface area contributed by atoms with Crippen molar-refractivity contribution < 1.29 is 0 Å². The van der Waals surface area contributed by atoms with Crippen molar-refractivity contribution in [2.45, 2.75) is 19.8 Å². The van der Waals surface area contributed by atoms with Gasteiger partial charge in [-0.15, -0.1) is 0 Å². The van der Waals surface area contributed by atoms with Crippen LogP contribution in [-0.2, 0) is 0 Å². The van der Waals surface area contributed by atoms with E-state index in [1.165, 1.54) is 6.33 Å². The van der Waals surface area contributed by atoms with Gasteiger partial charge in [0.2, 0.25) is 0 Å². The van der Waals surface area contributed by atoms with Crippen LogP contribution in [0.15, 0.2) is 18.7 Å². The van der Waals surface area contributed by atoms with Crippen LogP contribution in [0.1, 0.15) is 25.3 Å². The summed E-state index contributed by atoms with van der Waals surface area (Å²) in [5.41, 5.74) is 0.920. The summed E-state index contributed by atoms with van der Waals surface area (Å²) in [6.45, 7) is 4.12. The molecule has 6 heteroatoms. The molecule has 2 heterocycles. The Morgan fingerprint density at radius 1 is 1.38 bits per heavy atom. The number of halogens is 2. The quantitative estimate of drug-likeness (QED) is 0.619. The van der Waals surface area contributed by atoms with Crippen LogP contribution in [0.3, 0.4) is 0 Å². The predicted octanol–water partition coefficient (Wildman–Crippen LogP) is 3.04. The molecule has 16 heavy (non-hydrogen) atoms. The van der Waals surface area contributed by atoms with Crippen LogP contribution in [0.4, 0.5) is 0 Å². The highest BCUT2D eigenvalue weighted by Crippen LogP contribution is 2.26. The molecule has 0 unspecified atom stereocenters. The zero-order chi connectivity index (χ0) is 11.7. The molecule has 0 aliphatic heterocycles. The maximum absolute atomic E-state index is 6.09. The van der Waals surface area contributed by atoms with Crippen LogP contribution in [0.2, 0.25) is 5.15 Å². The van der Waals surface area contributed by atoms with Gasteiger partial charge in [-0.3, -0.25) is 0 Å². The van der Waals surface area contributed by atoms with Crippen molar-refractivity contribution in [2.24, 2.45) is 0 Å². The minimum Gasteiger partial charge on any atom is -0.224 e. The molecule has 2 rings (SSSR count). The van der Waals surface area contributed by atoms with Crippen LogP contribution in [0.25, 0.3) is 5.82 Å². The van der Waals surface area contributed by atoms with Crippen LogP contribution in [0.5, 0.6) is 0 Å². The monoisotopic (exact) mass is 348 g/mol. The highest BCUT2D eigenvalue weighted by Gasteiger charge is 2.15. The van der Waals surface area contributed by atoms with Gasteiger partial charge in [-0.2, -0.15) is 5.10 Å². The maximum Gasteiger partial charge on any atom is 0.161 e. The van der Waals surface area contributed by atoms with Gasteiger partial charge >= 0.3 is 0 Å². The number of hydrogen-bond donors (Lipinski definition) is 0. The van der Waals surface area contributed by atoms with Gasteiger partial charge in [0.1, 0.15) is 11.5 Å². The van der Waals surface area contributed by atoms with Gasteiger partial charge in [0.15, 0.2) is 5.82 Å². The summed E-state index contributed by atoms with van der Waals surface area (Å²) in [4.78, 5) is 8.25. The van der Waals surface area contributed by atoms with E-state index < -0.39 is 0 Å². The molecule has 0 aromatic carbocycles. The Hall–Kier alpha value is -0.690. The van der Waals surface area contributed by atoms with Gasteiger partial charge in [0, 0.05) is 11.8 Å². The van der Waals surface area contributed by atoms with Crippen molar-refractivity contribution in [1.29, 1.82) is 0 Å². The summed E-state index contributed by atoms with van der Waals surface area (Å²) < 4.78 is 2.78. The third-order valence-corrected chi connectivity index (χ3v) is 3.02. The largest absolute Gasteiger partial charge is 0.224 e. The number of hydrogen-bond acceptors (Lipinski definition) is 3. The second-order valence-corrected chi connectivity index (χ2v) is 5.26. The van der Waals surface area contributed by atoms with Crippen molar-refractivity contribution in [3.8, 4) is 5.82 Å². The first-order valence-corrected chi connectivity index (χ1v) is 6.26. The zero-order valence-corrected chi connectivity index (χ0v) is 11.8. The lowest BCUT2D eigenvalue weighted by Gasteiger charge is -2.11. The van der Waals surface area contributed by atoms with Crippen LogP contribution in [-0.4, -0.2) is 19.7 Å². The molecule has 0 saturated heterocycles. The number of aromatic nitrogens is 4. The van der Waals surface area contributed by atoms with Gasteiger partial charge in [-0.25, -0.2) is 14.6 Å². The van der Waals surface area contributed by atoms with Crippen molar-refractivity contribution in [2.75, 3.05) is 0 Å². The first-order valence-electron chi connectivity index (χ1n) is 4.80. The van der Waals surface area contributed by atoms with Gasteiger partial charge in [-0.05, 0) is 28.5 Å². The van der Waals surface area contributed by atoms with E-state index in [9.17, 15) is 0 Å². The normalized spacial score (nSPS) is 11.1. The minimum absolute atomic E-state index is 0.255. The van der Waals surface area contributed by atoms with E-state index in [2.05, 4.69) is 51.5 Å². The Kier molecular flexibility index (Phi) is 3.44. The SMILES string of the molecule is CC(C)c1c(Cl)ncnc1-n1cc(I)cn1. The molecule has 2 aromatic rings. The molecule has 84 valence electrons. The molecule has 0 N–H and O–H groups in total. The molecule has 2 aromatic heterocycles. The average molecular weight is 349 g/mol. The smallest absolute Gasteiger partial charge is 0.161 e. The highest BCUT2D eigenvalue weighted by molar-refractivity contribution is 14.1. The second kappa shape index (κ2) is 4.67. The standard InChI is InChI=1S/C10H10ClIN4/c1-6(2)8-9(11)13-5-14-10(8)16-4-7(12)3-15-16/h3-6H,1-2H3. The molecular formula is C10H10ClIN4. The minimum atomic E-state index is 0.255. The Balaban J connectivity index is 2.60. The van der Waals surface area contributed by atoms with E-state index in [-0.39, 0.29) is 5.92 Å². The lowest BCUT2D eigenvalue weighted by atomic mass is 10.1. The third-order valence-electron chi connectivity index (χ3n) is 2.16. The Morgan fingerprint density at radius 3 is 2.69 bits per heavy atom. The van der Waals surface area contributed by atoms with Gasteiger partial charge in [-0.1, -0.05) is 25.4 Å². The molecule has 0 atom stereocenters. The van der Waals surface area contributed by atoms with Crippen molar-refractivity contribution in [3.63, 3.8) is 0 Å².